The lowest BCUT2D eigenvalue weighted by atomic mass is 10.1. The van der Waals surface area contributed by atoms with Gasteiger partial charge in [-0.3, -0.25) is 9.59 Å². The molecule has 1 aliphatic rings. The normalized spacial score (nSPS) is 14.4. The van der Waals surface area contributed by atoms with Gasteiger partial charge < -0.3 is 9.80 Å². The third-order valence-electron chi connectivity index (χ3n) is 4.58. The van der Waals surface area contributed by atoms with E-state index in [4.69, 9.17) is 0 Å². The van der Waals surface area contributed by atoms with E-state index >= 15 is 0 Å². The molecule has 4 nitrogen and oxygen atoms in total. The van der Waals surface area contributed by atoms with Gasteiger partial charge in [0.25, 0.3) is 5.91 Å². The molecule has 0 bridgehead atoms. The molecule has 1 atom stereocenters. The molecule has 0 radical (unpaired) electrons. The molecule has 0 saturated heterocycles. The number of carbonyl (C=O) groups is 2. The van der Waals surface area contributed by atoms with Gasteiger partial charge in [-0.25, -0.2) is 0 Å². The molecule has 2 aromatic rings. The summed E-state index contributed by atoms with van der Waals surface area (Å²) in [6, 6.07) is 17.0. The molecule has 0 saturated carbocycles. The second-order valence-corrected chi connectivity index (χ2v) is 6.10. The van der Waals surface area contributed by atoms with E-state index in [1.54, 1.807) is 9.80 Å². The second-order valence-electron chi connectivity index (χ2n) is 6.10. The molecular formula is C20H22N2O2. The first-order chi connectivity index (χ1) is 11.6. The summed E-state index contributed by atoms with van der Waals surface area (Å²) < 4.78 is 0. The predicted octanol–water partition coefficient (Wildman–Crippen LogP) is 3.08. The van der Waals surface area contributed by atoms with Crippen LogP contribution in [-0.4, -0.2) is 34.2 Å². The monoisotopic (exact) mass is 322 g/mol. The minimum Gasteiger partial charge on any atom is -0.337 e. The number of amides is 2. The van der Waals surface area contributed by atoms with E-state index in [1.807, 2.05) is 68.4 Å². The third kappa shape index (κ3) is 3.04. The lowest BCUT2D eigenvalue weighted by Gasteiger charge is -2.29. The van der Waals surface area contributed by atoms with Gasteiger partial charge in [0.05, 0.1) is 0 Å². The summed E-state index contributed by atoms with van der Waals surface area (Å²) in [6.45, 7) is 5.47. The molecule has 0 fully saturated rings. The van der Waals surface area contributed by atoms with Crippen molar-refractivity contribution in [3.8, 4) is 0 Å². The van der Waals surface area contributed by atoms with Crippen molar-refractivity contribution in [2.24, 2.45) is 0 Å². The summed E-state index contributed by atoms with van der Waals surface area (Å²) in [4.78, 5) is 28.9. The molecule has 2 aromatic carbocycles. The van der Waals surface area contributed by atoms with E-state index < -0.39 is 6.04 Å². The van der Waals surface area contributed by atoms with Crippen molar-refractivity contribution in [3.63, 3.8) is 0 Å². The van der Waals surface area contributed by atoms with Crippen molar-refractivity contribution >= 4 is 11.8 Å². The van der Waals surface area contributed by atoms with Crippen LogP contribution in [0.4, 0.5) is 0 Å². The van der Waals surface area contributed by atoms with Crippen molar-refractivity contribution < 1.29 is 9.59 Å². The predicted molar refractivity (Wildman–Crippen MR) is 93.3 cm³/mol. The number of nitrogens with zero attached hydrogens (tertiary/aromatic N) is 2. The Hall–Kier alpha value is -2.62. The Balaban J connectivity index is 1.73. The fourth-order valence-electron chi connectivity index (χ4n) is 3.14. The standard InChI is InChI=1S/C20H22N2O2/c1-3-21(13-16-9-5-4-6-10-16)19(23)15(2)22-14-17-11-7-8-12-18(17)20(22)24/h4-12,15H,3,13-14H2,1-2H3/t15-/m1/s1. The Morgan fingerprint density at radius 2 is 1.79 bits per heavy atom. The van der Waals surface area contributed by atoms with Crippen molar-refractivity contribution in [1.82, 2.24) is 9.80 Å². The molecule has 2 amide bonds. The second kappa shape index (κ2) is 6.87. The Kier molecular flexibility index (Phi) is 4.65. The van der Waals surface area contributed by atoms with Crippen molar-refractivity contribution in [2.45, 2.75) is 33.0 Å². The summed E-state index contributed by atoms with van der Waals surface area (Å²) in [5, 5.41) is 0. The minimum atomic E-state index is -0.464. The Bertz CT molecular complexity index is 742. The first-order valence-electron chi connectivity index (χ1n) is 8.33. The molecule has 4 heteroatoms. The van der Waals surface area contributed by atoms with Crippen LogP contribution in [0.5, 0.6) is 0 Å². The third-order valence-corrected chi connectivity index (χ3v) is 4.58. The van der Waals surface area contributed by atoms with Gasteiger partial charge in [-0.15, -0.1) is 0 Å². The van der Waals surface area contributed by atoms with Crippen LogP contribution in [0.1, 0.15) is 35.3 Å². The highest BCUT2D eigenvalue weighted by Crippen LogP contribution is 2.25. The molecule has 24 heavy (non-hydrogen) atoms. The zero-order chi connectivity index (χ0) is 17.1. The van der Waals surface area contributed by atoms with Crippen LogP contribution in [0.15, 0.2) is 54.6 Å². The summed E-state index contributed by atoms with van der Waals surface area (Å²) in [6.07, 6.45) is 0. The number of rotatable bonds is 5. The van der Waals surface area contributed by atoms with Crippen LogP contribution in [0.2, 0.25) is 0 Å². The van der Waals surface area contributed by atoms with Gasteiger partial charge in [0.2, 0.25) is 5.91 Å². The Morgan fingerprint density at radius 3 is 2.46 bits per heavy atom. The maximum Gasteiger partial charge on any atom is 0.255 e. The van der Waals surface area contributed by atoms with E-state index in [9.17, 15) is 9.59 Å². The van der Waals surface area contributed by atoms with Crippen LogP contribution in [0.3, 0.4) is 0 Å². The maximum absolute atomic E-state index is 12.9. The SMILES string of the molecule is CCN(Cc1ccccc1)C(=O)[C@@H](C)N1Cc2ccccc2C1=O. The van der Waals surface area contributed by atoms with Crippen molar-refractivity contribution in [2.75, 3.05) is 6.54 Å². The Morgan fingerprint density at radius 1 is 1.12 bits per heavy atom. The fraction of sp³-hybridized carbons (Fsp3) is 0.300. The Labute approximate surface area is 142 Å². The molecule has 0 aromatic heterocycles. The van der Waals surface area contributed by atoms with Gasteiger partial charge in [0.1, 0.15) is 6.04 Å². The van der Waals surface area contributed by atoms with Crippen LogP contribution < -0.4 is 0 Å². The first-order valence-corrected chi connectivity index (χ1v) is 8.33. The number of hydrogen-bond acceptors (Lipinski definition) is 2. The lowest BCUT2D eigenvalue weighted by molar-refractivity contribution is -0.136. The summed E-state index contributed by atoms with van der Waals surface area (Å²) in [7, 11) is 0. The molecular weight excluding hydrogens is 300 g/mol. The quantitative estimate of drug-likeness (QED) is 0.849. The van der Waals surface area contributed by atoms with Gasteiger partial charge in [-0.2, -0.15) is 0 Å². The van der Waals surface area contributed by atoms with Gasteiger partial charge >= 0.3 is 0 Å². The molecule has 3 rings (SSSR count). The van der Waals surface area contributed by atoms with E-state index in [-0.39, 0.29) is 11.8 Å². The van der Waals surface area contributed by atoms with Crippen molar-refractivity contribution in [1.29, 1.82) is 0 Å². The molecule has 1 aliphatic heterocycles. The van der Waals surface area contributed by atoms with Gasteiger partial charge in [0, 0.05) is 25.2 Å². The minimum absolute atomic E-state index is 0.0116. The zero-order valence-corrected chi connectivity index (χ0v) is 14.1. The maximum atomic E-state index is 12.9. The van der Waals surface area contributed by atoms with E-state index in [2.05, 4.69) is 0 Å². The highest BCUT2D eigenvalue weighted by molar-refractivity contribution is 6.01. The van der Waals surface area contributed by atoms with Crippen molar-refractivity contribution in [3.05, 3.63) is 71.3 Å². The highest BCUT2D eigenvalue weighted by atomic mass is 16.2. The lowest BCUT2D eigenvalue weighted by Crippen LogP contribution is -2.47. The number of hydrogen-bond donors (Lipinski definition) is 0. The van der Waals surface area contributed by atoms with Gasteiger partial charge in [0.15, 0.2) is 0 Å². The summed E-state index contributed by atoms with van der Waals surface area (Å²) >= 11 is 0. The van der Waals surface area contributed by atoms with Crippen LogP contribution in [-0.2, 0) is 17.9 Å². The fourth-order valence-corrected chi connectivity index (χ4v) is 3.14. The van der Waals surface area contributed by atoms with Crippen LogP contribution >= 0.6 is 0 Å². The average molecular weight is 322 g/mol. The van der Waals surface area contributed by atoms with E-state index in [0.717, 1.165) is 11.1 Å². The van der Waals surface area contributed by atoms with Gasteiger partial charge in [-0.05, 0) is 31.0 Å². The summed E-state index contributed by atoms with van der Waals surface area (Å²) in [5.41, 5.74) is 2.80. The molecule has 0 unspecified atom stereocenters. The number of benzene rings is 2. The van der Waals surface area contributed by atoms with E-state index in [1.165, 1.54) is 0 Å². The van der Waals surface area contributed by atoms with Crippen LogP contribution in [0, 0.1) is 0 Å². The summed E-state index contributed by atoms with van der Waals surface area (Å²) in [5.74, 6) is -0.0651. The van der Waals surface area contributed by atoms with Gasteiger partial charge in [-0.1, -0.05) is 48.5 Å². The number of fused-ring (bicyclic) bond motifs is 1. The molecule has 0 aliphatic carbocycles. The zero-order valence-electron chi connectivity index (χ0n) is 14.1. The molecule has 1 heterocycles. The van der Waals surface area contributed by atoms with Crippen LogP contribution in [0.25, 0.3) is 0 Å². The largest absolute Gasteiger partial charge is 0.337 e. The first kappa shape index (κ1) is 16.2. The molecule has 0 N–H and O–H groups in total. The molecule has 124 valence electrons. The highest BCUT2D eigenvalue weighted by Gasteiger charge is 2.35. The number of carbonyl (C=O) groups excluding carboxylic acids is 2. The smallest absolute Gasteiger partial charge is 0.255 e. The van der Waals surface area contributed by atoms with E-state index in [0.29, 0.717) is 25.2 Å². The topological polar surface area (TPSA) is 40.6 Å². The molecule has 0 spiro atoms. The number of likely N-dealkylation sites (N-methyl/N-ethyl adjacent to an activating group) is 1. The average Bonchev–Trinajstić information content (AvgIpc) is 2.96.